The molecule has 0 N–H and O–H groups in total. The van der Waals surface area contributed by atoms with Crippen molar-refractivity contribution in [1.29, 1.82) is 5.26 Å². The SMILES string of the molecule is CC1(C)c2cc(C34C[C@H]5C[C@@H](C3)C[C@@H](C4)C5)ccc2-c2c(C#N)cc(-c3nc(-c4ccccc4)nc(-c4ccccc4)n3)cc21. The fourth-order valence-electron chi connectivity index (χ4n) is 9.80. The highest BCUT2D eigenvalue weighted by Crippen LogP contribution is 2.62. The van der Waals surface area contributed by atoms with Crippen LogP contribution in [0.1, 0.15) is 74.6 Å². The van der Waals surface area contributed by atoms with Crippen LogP contribution in [-0.2, 0) is 10.8 Å². The Kier molecular flexibility index (Phi) is 5.76. The van der Waals surface area contributed by atoms with Crippen molar-refractivity contribution in [2.45, 2.75) is 63.2 Å². The van der Waals surface area contributed by atoms with Gasteiger partial charge in [0.05, 0.1) is 11.6 Å². The second-order valence-electron chi connectivity index (χ2n) is 14.7. The molecule has 5 aromatic rings. The molecule has 0 amide bonds. The molecule has 4 nitrogen and oxygen atoms in total. The number of fused-ring (bicyclic) bond motifs is 3. The molecule has 4 bridgehead atoms. The summed E-state index contributed by atoms with van der Waals surface area (Å²) in [7, 11) is 0. The molecule has 4 aromatic carbocycles. The lowest BCUT2D eigenvalue weighted by Crippen LogP contribution is -2.48. The van der Waals surface area contributed by atoms with Crippen LogP contribution in [0.2, 0.25) is 0 Å². The summed E-state index contributed by atoms with van der Waals surface area (Å²) in [5.74, 6) is 4.56. The predicted molar refractivity (Wildman–Crippen MR) is 178 cm³/mol. The van der Waals surface area contributed by atoms with Gasteiger partial charge in [0.15, 0.2) is 17.5 Å². The summed E-state index contributed by atoms with van der Waals surface area (Å²) < 4.78 is 0. The van der Waals surface area contributed by atoms with Gasteiger partial charge in [0.1, 0.15) is 0 Å². The number of nitrogens with zero attached hydrogens (tertiary/aromatic N) is 4. The highest BCUT2D eigenvalue weighted by Gasteiger charge is 2.52. The van der Waals surface area contributed by atoms with Crippen LogP contribution in [0.3, 0.4) is 0 Å². The zero-order valence-corrected chi connectivity index (χ0v) is 25.9. The standard InChI is InChI=1S/C41H36N4/c1-40(2)34-20-32(41-21-25-15-26(22-41)17-27(16-25)23-41)13-14-33(34)36-31(24-42)18-30(19-35(36)40)39-44-37(28-9-5-3-6-10-28)43-38(45-39)29-11-7-4-8-12-29/h3-14,18-20,25-27H,15-17,21-23H2,1-2H3/t25-,26+,27-,41?. The van der Waals surface area contributed by atoms with Crippen molar-refractivity contribution in [2.75, 3.05) is 0 Å². The number of aromatic nitrogens is 3. The van der Waals surface area contributed by atoms with Crippen molar-refractivity contribution in [3.05, 3.63) is 113 Å². The largest absolute Gasteiger partial charge is 0.208 e. The summed E-state index contributed by atoms with van der Waals surface area (Å²) >= 11 is 0. The molecule has 45 heavy (non-hydrogen) atoms. The molecule has 0 atom stereocenters. The average molecular weight is 585 g/mol. The Morgan fingerprint density at radius 1 is 0.622 bits per heavy atom. The minimum absolute atomic E-state index is 0.248. The molecule has 1 aromatic heterocycles. The van der Waals surface area contributed by atoms with Gasteiger partial charge >= 0.3 is 0 Å². The van der Waals surface area contributed by atoms with E-state index in [1.807, 2.05) is 66.7 Å². The van der Waals surface area contributed by atoms with Crippen LogP contribution in [0, 0.1) is 29.1 Å². The maximum Gasteiger partial charge on any atom is 0.164 e. The van der Waals surface area contributed by atoms with Gasteiger partial charge in [-0.1, -0.05) is 92.7 Å². The lowest BCUT2D eigenvalue weighted by atomic mass is 9.48. The Hall–Kier alpha value is -4.62. The maximum atomic E-state index is 10.5. The minimum Gasteiger partial charge on any atom is -0.208 e. The molecular weight excluding hydrogens is 548 g/mol. The van der Waals surface area contributed by atoms with E-state index in [-0.39, 0.29) is 5.41 Å². The summed E-state index contributed by atoms with van der Waals surface area (Å²) in [6, 6.07) is 34.2. The third-order valence-corrected chi connectivity index (χ3v) is 11.5. The van der Waals surface area contributed by atoms with Gasteiger partial charge in [0, 0.05) is 27.7 Å². The molecule has 5 aliphatic rings. The van der Waals surface area contributed by atoms with Gasteiger partial charge in [-0.2, -0.15) is 5.26 Å². The van der Waals surface area contributed by atoms with Gasteiger partial charge in [-0.25, -0.2) is 15.0 Å². The minimum atomic E-state index is -0.248. The van der Waals surface area contributed by atoms with E-state index < -0.39 is 0 Å². The molecule has 0 saturated heterocycles. The normalized spacial score (nSPS) is 25.0. The monoisotopic (exact) mass is 584 g/mol. The zero-order valence-electron chi connectivity index (χ0n) is 25.9. The number of rotatable bonds is 4. The fourth-order valence-corrected chi connectivity index (χ4v) is 9.80. The lowest BCUT2D eigenvalue weighted by Gasteiger charge is -2.57. The van der Waals surface area contributed by atoms with E-state index in [1.54, 1.807) is 0 Å². The molecule has 1 heterocycles. The molecule has 0 aliphatic heterocycles. The van der Waals surface area contributed by atoms with Crippen LogP contribution in [0.25, 0.3) is 45.3 Å². The molecule has 10 rings (SSSR count). The molecular formula is C41H36N4. The molecule has 0 spiro atoms. The number of hydrogen-bond donors (Lipinski definition) is 0. The Morgan fingerprint density at radius 3 is 1.69 bits per heavy atom. The Morgan fingerprint density at radius 2 is 1.16 bits per heavy atom. The first-order chi connectivity index (χ1) is 21.9. The molecule has 4 fully saturated rings. The van der Waals surface area contributed by atoms with E-state index in [0.29, 0.717) is 28.5 Å². The molecule has 5 aliphatic carbocycles. The van der Waals surface area contributed by atoms with E-state index in [4.69, 9.17) is 15.0 Å². The summed E-state index contributed by atoms with van der Waals surface area (Å²) in [5, 5.41) is 10.5. The van der Waals surface area contributed by atoms with Gasteiger partial charge in [-0.05, 0) is 96.1 Å². The van der Waals surface area contributed by atoms with Gasteiger partial charge in [0.2, 0.25) is 0 Å². The molecule has 4 saturated carbocycles. The van der Waals surface area contributed by atoms with E-state index in [9.17, 15) is 5.26 Å². The van der Waals surface area contributed by atoms with Crippen LogP contribution < -0.4 is 0 Å². The highest BCUT2D eigenvalue weighted by atomic mass is 15.0. The van der Waals surface area contributed by atoms with Crippen LogP contribution in [0.5, 0.6) is 0 Å². The molecule has 4 heteroatoms. The van der Waals surface area contributed by atoms with Crippen molar-refractivity contribution in [3.8, 4) is 51.4 Å². The highest BCUT2D eigenvalue weighted by molar-refractivity contribution is 5.87. The van der Waals surface area contributed by atoms with Crippen molar-refractivity contribution in [2.24, 2.45) is 17.8 Å². The van der Waals surface area contributed by atoms with E-state index in [2.05, 4.69) is 44.2 Å². The first kappa shape index (κ1) is 26.8. The van der Waals surface area contributed by atoms with E-state index >= 15 is 0 Å². The maximum absolute atomic E-state index is 10.5. The molecule has 0 radical (unpaired) electrons. The number of benzene rings is 4. The third-order valence-electron chi connectivity index (χ3n) is 11.5. The van der Waals surface area contributed by atoms with Gasteiger partial charge in [0.25, 0.3) is 0 Å². The first-order valence-corrected chi connectivity index (χ1v) is 16.5. The Balaban J connectivity index is 1.18. The average Bonchev–Trinajstić information content (AvgIpc) is 3.30. The van der Waals surface area contributed by atoms with Crippen LogP contribution in [0.15, 0.2) is 91.0 Å². The molecule has 0 unspecified atom stereocenters. The summed E-state index contributed by atoms with van der Waals surface area (Å²) in [6.07, 6.45) is 8.41. The van der Waals surface area contributed by atoms with Crippen molar-refractivity contribution in [1.82, 2.24) is 15.0 Å². The third kappa shape index (κ3) is 4.13. The van der Waals surface area contributed by atoms with Gasteiger partial charge in [-0.15, -0.1) is 0 Å². The van der Waals surface area contributed by atoms with Crippen LogP contribution in [-0.4, -0.2) is 15.0 Å². The Bertz CT molecular complexity index is 1930. The lowest BCUT2D eigenvalue weighted by molar-refractivity contribution is -0.00522. The summed E-state index contributed by atoms with van der Waals surface area (Å²) in [5.41, 5.74) is 9.83. The summed E-state index contributed by atoms with van der Waals surface area (Å²) in [6.45, 7) is 4.65. The topological polar surface area (TPSA) is 62.5 Å². The quantitative estimate of drug-likeness (QED) is 0.211. The van der Waals surface area contributed by atoms with Crippen LogP contribution in [0.4, 0.5) is 0 Å². The number of hydrogen-bond acceptors (Lipinski definition) is 4. The molecule has 220 valence electrons. The van der Waals surface area contributed by atoms with Crippen molar-refractivity contribution >= 4 is 0 Å². The van der Waals surface area contributed by atoms with Gasteiger partial charge < -0.3 is 0 Å². The van der Waals surface area contributed by atoms with Gasteiger partial charge in [-0.3, -0.25) is 0 Å². The predicted octanol–water partition coefficient (Wildman–Crippen LogP) is 9.52. The smallest absolute Gasteiger partial charge is 0.164 e. The summed E-state index contributed by atoms with van der Waals surface area (Å²) in [4.78, 5) is 14.8. The van der Waals surface area contributed by atoms with Crippen molar-refractivity contribution < 1.29 is 0 Å². The van der Waals surface area contributed by atoms with E-state index in [0.717, 1.165) is 40.0 Å². The number of nitriles is 1. The first-order valence-electron chi connectivity index (χ1n) is 16.5. The Labute approximate surface area is 265 Å². The fraction of sp³-hybridized carbons (Fsp3) is 0.317. The zero-order chi connectivity index (χ0) is 30.3. The second kappa shape index (κ2) is 9.69. The van der Waals surface area contributed by atoms with Crippen LogP contribution >= 0.6 is 0 Å². The van der Waals surface area contributed by atoms with Crippen molar-refractivity contribution in [3.63, 3.8) is 0 Å². The second-order valence-corrected chi connectivity index (χ2v) is 14.7. The van der Waals surface area contributed by atoms with E-state index in [1.165, 1.54) is 60.8 Å².